The number of carbonyl (C=O) groups is 1. The number of halogens is 1. The van der Waals surface area contributed by atoms with Crippen molar-refractivity contribution >= 4 is 21.8 Å². The molecule has 2 rings (SSSR count). The van der Waals surface area contributed by atoms with Gasteiger partial charge in [-0.2, -0.15) is 0 Å². The molecule has 1 fully saturated rings. The molecule has 21 heavy (non-hydrogen) atoms. The Balaban J connectivity index is 2.10. The van der Waals surface area contributed by atoms with Crippen molar-refractivity contribution in [2.24, 2.45) is 11.1 Å². The van der Waals surface area contributed by atoms with Crippen molar-refractivity contribution in [2.45, 2.75) is 51.5 Å². The van der Waals surface area contributed by atoms with Gasteiger partial charge in [0.25, 0.3) is 0 Å². The van der Waals surface area contributed by atoms with Crippen molar-refractivity contribution in [3.05, 3.63) is 34.3 Å². The zero-order valence-corrected chi connectivity index (χ0v) is 14.3. The minimum atomic E-state index is -0.369. The van der Waals surface area contributed by atoms with Gasteiger partial charge in [-0.15, -0.1) is 0 Å². The Kier molecular flexibility index (Phi) is 5.82. The van der Waals surface area contributed by atoms with Crippen molar-refractivity contribution < 1.29 is 4.79 Å². The van der Waals surface area contributed by atoms with E-state index in [4.69, 9.17) is 5.73 Å². The van der Waals surface area contributed by atoms with E-state index in [1.807, 2.05) is 31.2 Å². The number of nitrogens with two attached hydrogens (primary N) is 1. The number of carbonyl (C=O) groups excluding carboxylic acids is 1. The Hall–Kier alpha value is -0.870. The molecule has 116 valence electrons. The first-order valence-corrected chi connectivity index (χ1v) is 8.64. The fraction of sp³-hybridized carbons (Fsp3) is 0.588. The van der Waals surface area contributed by atoms with Gasteiger partial charge in [0.05, 0.1) is 11.5 Å². The zero-order valence-electron chi connectivity index (χ0n) is 12.7. The second-order valence-electron chi connectivity index (χ2n) is 6.12. The van der Waals surface area contributed by atoms with Gasteiger partial charge in [0.15, 0.2) is 0 Å². The topological polar surface area (TPSA) is 55.1 Å². The molecule has 1 unspecified atom stereocenters. The molecular formula is C17H25BrN2O. The minimum Gasteiger partial charge on any atom is -0.349 e. The summed E-state index contributed by atoms with van der Waals surface area (Å²) in [5, 5.41) is 3.18. The number of hydrogen-bond acceptors (Lipinski definition) is 2. The summed E-state index contributed by atoms with van der Waals surface area (Å²) in [6, 6.07) is 8.00. The second kappa shape index (κ2) is 7.41. The van der Waals surface area contributed by atoms with Crippen LogP contribution in [-0.4, -0.2) is 12.5 Å². The predicted octanol–water partition coefficient (Wildman–Crippen LogP) is 3.93. The summed E-state index contributed by atoms with van der Waals surface area (Å²) in [5.41, 5.74) is 6.72. The van der Waals surface area contributed by atoms with Gasteiger partial charge in [-0.25, -0.2) is 0 Å². The van der Waals surface area contributed by atoms with Gasteiger partial charge >= 0.3 is 0 Å². The summed E-state index contributed by atoms with van der Waals surface area (Å²) >= 11 is 3.55. The van der Waals surface area contributed by atoms with Crippen molar-refractivity contribution in [1.29, 1.82) is 0 Å². The molecule has 0 bridgehead atoms. The van der Waals surface area contributed by atoms with Crippen molar-refractivity contribution in [1.82, 2.24) is 5.32 Å². The van der Waals surface area contributed by atoms with Crippen LogP contribution < -0.4 is 11.1 Å². The fourth-order valence-electron chi connectivity index (χ4n) is 3.18. The third-order valence-corrected chi connectivity index (χ3v) is 5.37. The van der Waals surface area contributed by atoms with E-state index in [2.05, 4.69) is 21.2 Å². The first-order valence-electron chi connectivity index (χ1n) is 7.84. The van der Waals surface area contributed by atoms with Gasteiger partial charge in [0.2, 0.25) is 5.91 Å². The van der Waals surface area contributed by atoms with Crippen LogP contribution in [-0.2, 0) is 4.79 Å². The molecule has 0 saturated heterocycles. The van der Waals surface area contributed by atoms with Gasteiger partial charge in [0.1, 0.15) is 0 Å². The largest absolute Gasteiger partial charge is 0.349 e. The van der Waals surface area contributed by atoms with Gasteiger partial charge in [-0.1, -0.05) is 59.8 Å². The Morgan fingerprint density at radius 3 is 2.48 bits per heavy atom. The van der Waals surface area contributed by atoms with E-state index >= 15 is 0 Å². The van der Waals surface area contributed by atoms with Crippen LogP contribution in [0.2, 0.25) is 0 Å². The monoisotopic (exact) mass is 352 g/mol. The van der Waals surface area contributed by atoms with E-state index in [9.17, 15) is 4.79 Å². The van der Waals surface area contributed by atoms with Crippen molar-refractivity contribution in [3.63, 3.8) is 0 Å². The lowest BCUT2D eigenvalue weighted by atomic mass is 9.79. The summed E-state index contributed by atoms with van der Waals surface area (Å²) < 4.78 is 1.03. The molecule has 1 aliphatic carbocycles. The Labute approximate surface area is 135 Å². The number of benzene rings is 1. The summed E-state index contributed by atoms with van der Waals surface area (Å²) in [6.45, 7) is 2.47. The fourth-order valence-corrected chi connectivity index (χ4v) is 3.81. The maximum atomic E-state index is 12.8. The van der Waals surface area contributed by atoms with Gasteiger partial charge in [-0.05, 0) is 31.4 Å². The summed E-state index contributed by atoms with van der Waals surface area (Å²) in [6.07, 6.45) is 6.47. The van der Waals surface area contributed by atoms with Crippen LogP contribution in [0.1, 0.15) is 57.1 Å². The van der Waals surface area contributed by atoms with Crippen LogP contribution in [0.15, 0.2) is 28.7 Å². The first-order chi connectivity index (χ1) is 10.1. The molecule has 1 aromatic rings. The first kappa shape index (κ1) is 16.5. The summed E-state index contributed by atoms with van der Waals surface area (Å²) in [4.78, 5) is 12.8. The SMILES string of the molecule is CC(NC(=O)C1(CN)CCCCCC1)c1ccccc1Br. The zero-order chi connectivity index (χ0) is 15.3. The van der Waals surface area contributed by atoms with Crippen LogP contribution in [0, 0.1) is 5.41 Å². The van der Waals surface area contributed by atoms with Gasteiger partial charge in [0, 0.05) is 11.0 Å². The second-order valence-corrected chi connectivity index (χ2v) is 6.97. The maximum Gasteiger partial charge on any atom is 0.227 e. The molecule has 0 heterocycles. The summed E-state index contributed by atoms with van der Waals surface area (Å²) in [7, 11) is 0. The molecule has 1 aliphatic rings. The number of amides is 1. The molecule has 3 nitrogen and oxygen atoms in total. The molecule has 3 N–H and O–H groups in total. The van der Waals surface area contributed by atoms with Crippen LogP contribution in [0.3, 0.4) is 0 Å². The van der Waals surface area contributed by atoms with E-state index in [0.717, 1.165) is 35.7 Å². The average molecular weight is 353 g/mol. The third-order valence-electron chi connectivity index (χ3n) is 4.65. The van der Waals surface area contributed by atoms with E-state index < -0.39 is 0 Å². The molecule has 0 radical (unpaired) electrons. The Bertz CT molecular complexity index is 481. The highest BCUT2D eigenvalue weighted by molar-refractivity contribution is 9.10. The highest BCUT2D eigenvalue weighted by Crippen LogP contribution is 2.35. The predicted molar refractivity (Wildman–Crippen MR) is 89.9 cm³/mol. The van der Waals surface area contributed by atoms with Gasteiger partial charge in [-0.3, -0.25) is 4.79 Å². The highest BCUT2D eigenvalue weighted by Gasteiger charge is 2.37. The van der Waals surface area contributed by atoms with E-state index in [-0.39, 0.29) is 17.4 Å². The number of rotatable bonds is 4. The molecule has 1 saturated carbocycles. The maximum absolute atomic E-state index is 12.8. The molecule has 1 atom stereocenters. The number of nitrogens with one attached hydrogen (secondary N) is 1. The summed E-state index contributed by atoms with van der Waals surface area (Å²) in [5.74, 6) is 0.121. The molecular weight excluding hydrogens is 328 g/mol. The molecule has 1 aromatic carbocycles. The standard InChI is InChI=1S/C17H25BrN2O/c1-13(14-8-4-5-9-15(14)18)20-16(21)17(12-19)10-6-2-3-7-11-17/h4-5,8-9,13H,2-3,6-7,10-12,19H2,1H3,(H,20,21). The Morgan fingerprint density at radius 2 is 1.90 bits per heavy atom. The lowest BCUT2D eigenvalue weighted by Gasteiger charge is -2.31. The van der Waals surface area contributed by atoms with Crippen LogP contribution in [0.4, 0.5) is 0 Å². The molecule has 0 aliphatic heterocycles. The van der Waals surface area contributed by atoms with Crippen molar-refractivity contribution in [2.75, 3.05) is 6.54 Å². The average Bonchev–Trinajstić information content (AvgIpc) is 2.74. The lowest BCUT2D eigenvalue weighted by Crippen LogP contribution is -2.46. The number of hydrogen-bond donors (Lipinski definition) is 2. The lowest BCUT2D eigenvalue weighted by molar-refractivity contribution is -0.132. The van der Waals surface area contributed by atoms with Gasteiger partial charge < -0.3 is 11.1 Å². The molecule has 0 spiro atoms. The molecule has 4 heteroatoms. The van der Waals surface area contributed by atoms with E-state index in [0.29, 0.717) is 6.54 Å². The smallest absolute Gasteiger partial charge is 0.227 e. The van der Waals surface area contributed by atoms with E-state index in [1.54, 1.807) is 0 Å². The van der Waals surface area contributed by atoms with E-state index in [1.165, 1.54) is 12.8 Å². The minimum absolute atomic E-state index is 0.0141. The normalized spacial score (nSPS) is 19.6. The van der Waals surface area contributed by atoms with Crippen molar-refractivity contribution in [3.8, 4) is 0 Å². The van der Waals surface area contributed by atoms with Crippen LogP contribution in [0.25, 0.3) is 0 Å². The highest BCUT2D eigenvalue weighted by atomic mass is 79.9. The van der Waals surface area contributed by atoms with Crippen LogP contribution in [0.5, 0.6) is 0 Å². The Morgan fingerprint density at radius 1 is 1.29 bits per heavy atom. The van der Waals surface area contributed by atoms with Crippen LogP contribution >= 0.6 is 15.9 Å². The quantitative estimate of drug-likeness (QED) is 0.806. The molecule has 1 amide bonds. The third kappa shape index (κ3) is 3.86. The molecule has 0 aromatic heterocycles.